The van der Waals surface area contributed by atoms with E-state index in [1.54, 1.807) is 13.2 Å². The van der Waals surface area contributed by atoms with E-state index in [9.17, 15) is 10.1 Å². The fourth-order valence-electron chi connectivity index (χ4n) is 2.45. The highest BCUT2D eigenvalue weighted by Crippen LogP contribution is 2.27. The van der Waals surface area contributed by atoms with E-state index in [4.69, 9.17) is 4.74 Å². The Morgan fingerprint density at radius 3 is 2.68 bits per heavy atom. The van der Waals surface area contributed by atoms with Gasteiger partial charge in [0.05, 0.1) is 22.6 Å². The van der Waals surface area contributed by atoms with E-state index in [1.165, 1.54) is 12.1 Å². The number of non-ortho nitro benzene ring substituents is 1. The van der Waals surface area contributed by atoms with E-state index in [-0.39, 0.29) is 5.69 Å². The Hall–Kier alpha value is -2.73. The molecule has 112 valence electrons. The van der Waals surface area contributed by atoms with Gasteiger partial charge >= 0.3 is 0 Å². The minimum Gasteiger partial charge on any atom is -0.383 e. The first-order chi connectivity index (χ1) is 10.7. The van der Waals surface area contributed by atoms with Gasteiger partial charge in [-0.1, -0.05) is 30.3 Å². The monoisotopic (exact) mass is 297 g/mol. The number of methoxy groups -OCH3 is 1. The number of imidazole rings is 1. The summed E-state index contributed by atoms with van der Waals surface area (Å²) >= 11 is 0. The van der Waals surface area contributed by atoms with Gasteiger partial charge in [0.1, 0.15) is 5.82 Å². The van der Waals surface area contributed by atoms with Crippen LogP contribution in [0.2, 0.25) is 0 Å². The fraction of sp³-hybridized carbons (Fsp3) is 0.188. The lowest BCUT2D eigenvalue weighted by Crippen LogP contribution is -2.05. The molecule has 0 atom stereocenters. The minimum absolute atomic E-state index is 0.0449. The van der Waals surface area contributed by atoms with Crippen LogP contribution in [0.1, 0.15) is 0 Å². The predicted molar refractivity (Wildman–Crippen MR) is 83.7 cm³/mol. The van der Waals surface area contributed by atoms with Gasteiger partial charge in [-0.25, -0.2) is 4.98 Å². The number of benzene rings is 2. The molecule has 2 aromatic carbocycles. The molecule has 0 saturated heterocycles. The molecule has 0 N–H and O–H groups in total. The molecule has 3 aromatic rings. The van der Waals surface area contributed by atoms with Crippen LogP contribution in [-0.4, -0.2) is 28.2 Å². The molecular formula is C16H15N3O3. The van der Waals surface area contributed by atoms with Crippen molar-refractivity contribution in [2.24, 2.45) is 0 Å². The highest BCUT2D eigenvalue weighted by Gasteiger charge is 2.15. The van der Waals surface area contributed by atoms with Crippen LogP contribution in [0.4, 0.5) is 5.69 Å². The van der Waals surface area contributed by atoms with Crippen molar-refractivity contribution in [1.29, 1.82) is 0 Å². The summed E-state index contributed by atoms with van der Waals surface area (Å²) in [6, 6.07) is 14.5. The zero-order valence-electron chi connectivity index (χ0n) is 12.1. The van der Waals surface area contributed by atoms with Crippen LogP contribution in [0.25, 0.3) is 22.4 Å². The summed E-state index contributed by atoms with van der Waals surface area (Å²) in [5.41, 5.74) is 2.49. The smallest absolute Gasteiger partial charge is 0.271 e. The number of hydrogen-bond acceptors (Lipinski definition) is 4. The summed E-state index contributed by atoms with van der Waals surface area (Å²) in [4.78, 5) is 15.1. The van der Waals surface area contributed by atoms with E-state index in [0.717, 1.165) is 16.9 Å². The van der Waals surface area contributed by atoms with Crippen LogP contribution in [-0.2, 0) is 11.3 Å². The molecule has 1 aromatic heterocycles. The molecule has 0 bridgehead atoms. The molecule has 6 heteroatoms. The van der Waals surface area contributed by atoms with Gasteiger partial charge in [-0.05, 0) is 6.07 Å². The second-order valence-corrected chi connectivity index (χ2v) is 4.88. The summed E-state index contributed by atoms with van der Waals surface area (Å²) < 4.78 is 7.19. The van der Waals surface area contributed by atoms with Gasteiger partial charge < -0.3 is 9.30 Å². The summed E-state index contributed by atoms with van der Waals surface area (Å²) in [6.45, 7) is 1.18. The maximum absolute atomic E-state index is 10.9. The summed E-state index contributed by atoms with van der Waals surface area (Å²) in [5, 5.41) is 10.9. The minimum atomic E-state index is -0.407. The Morgan fingerprint density at radius 2 is 2.00 bits per heavy atom. The molecule has 0 aliphatic carbocycles. The lowest BCUT2D eigenvalue weighted by Gasteiger charge is -2.08. The topological polar surface area (TPSA) is 70.2 Å². The number of nitro benzene ring substituents is 1. The molecule has 1 heterocycles. The molecule has 0 amide bonds. The Balaban J connectivity index is 2.18. The van der Waals surface area contributed by atoms with Crippen molar-refractivity contribution in [1.82, 2.24) is 9.55 Å². The fourth-order valence-corrected chi connectivity index (χ4v) is 2.45. The van der Waals surface area contributed by atoms with Gasteiger partial charge in [0.15, 0.2) is 0 Å². The zero-order chi connectivity index (χ0) is 15.5. The number of fused-ring (bicyclic) bond motifs is 1. The number of ether oxygens (including phenoxy) is 1. The first-order valence-corrected chi connectivity index (χ1v) is 6.90. The third-order valence-electron chi connectivity index (χ3n) is 3.49. The molecule has 0 unspecified atom stereocenters. The highest BCUT2D eigenvalue weighted by atomic mass is 16.6. The Bertz CT molecular complexity index is 812. The first kappa shape index (κ1) is 14.2. The third kappa shape index (κ3) is 2.56. The van der Waals surface area contributed by atoms with E-state index >= 15 is 0 Å². The van der Waals surface area contributed by atoms with Gasteiger partial charge in [0, 0.05) is 31.4 Å². The van der Waals surface area contributed by atoms with E-state index < -0.39 is 4.92 Å². The number of nitrogens with zero attached hydrogens (tertiary/aromatic N) is 3. The Morgan fingerprint density at radius 1 is 1.23 bits per heavy atom. The third-order valence-corrected chi connectivity index (χ3v) is 3.49. The molecule has 0 fully saturated rings. The number of rotatable bonds is 5. The lowest BCUT2D eigenvalue weighted by molar-refractivity contribution is -0.384. The van der Waals surface area contributed by atoms with E-state index in [2.05, 4.69) is 4.98 Å². The van der Waals surface area contributed by atoms with Crippen molar-refractivity contribution in [3.05, 3.63) is 58.6 Å². The van der Waals surface area contributed by atoms with Crippen LogP contribution in [0, 0.1) is 10.1 Å². The molecule has 0 spiro atoms. The van der Waals surface area contributed by atoms with Crippen LogP contribution < -0.4 is 0 Å². The molecule has 0 saturated carbocycles. The van der Waals surface area contributed by atoms with Gasteiger partial charge in [-0.2, -0.15) is 0 Å². The molecule has 0 aliphatic heterocycles. The van der Waals surface area contributed by atoms with Gasteiger partial charge in [-0.15, -0.1) is 0 Å². The molecule has 22 heavy (non-hydrogen) atoms. The van der Waals surface area contributed by atoms with Crippen molar-refractivity contribution in [3.63, 3.8) is 0 Å². The zero-order valence-corrected chi connectivity index (χ0v) is 12.1. The quantitative estimate of drug-likeness (QED) is 0.535. The van der Waals surface area contributed by atoms with Gasteiger partial charge in [-0.3, -0.25) is 10.1 Å². The predicted octanol–water partition coefficient (Wildman–Crippen LogP) is 3.26. The number of nitro groups is 1. The maximum Gasteiger partial charge on any atom is 0.271 e. The average Bonchev–Trinajstić information content (AvgIpc) is 2.91. The molecule has 0 radical (unpaired) electrons. The Kier molecular flexibility index (Phi) is 3.84. The van der Waals surface area contributed by atoms with Crippen molar-refractivity contribution >= 4 is 16.7 Å². The van der Waals surface area contributed by atoms with Gasteiger partial charge in [0.25, 0.3) is 5.69 Å². The SMILES string of the molecule is COCCn1c(-c2ccccc2)nc2cc([N+](=O)[O-])ccc21. The first-order valence-electron chi connectivity index (χ1n) is 6.90. The van der Waals surface area contributed by atoms with Gasteiger partial charge in [0.2, 0.25) is 0 Å². The van der Waals surface area contributed by atoms with Crippen molar-refractivity contribution < 1.29 is 9.66 Å². The standard InChI is InChI=1S/C16H15N3O3/c1-22-10-9-18-15-8-7-13(19(20)21)11-14(15)17-16(18)12-5-3-2-4-6-12/h2-8,11H,9-10H2,1H3. The summed E-state index contributed by atoms with van der Waals surface area (Å²) in [7, 11) is 1.64. The van der Waals surface area contributed by atoms with E-state index in [0.29, 0.717) is 18.7 Å². The van der Waals surface area contributed by atoms with Crippen molar-refractivity contribution in [2.45, 2.75) is 6.54 Å². The number of hydrogen-bond donors (Lipinski definition) is 0. The second-order valence-electron chi connectivity index (χ2n) is 4.88. The number of aromatic nitrogens is 2. The van der Waals surface area contributed by atoms with Crippen LogP contribution >= 0.6 is 0 Å². The normalized spacial score (nSPS) is 11.0. The second kappa shape index (κ2) is 5.95. The van der Waals surface area contributed by atoms with Crippen LogP contribution in [0.5, 0.6) is 0 Å². The molecular weight excluding hydrogens is 282 g/mol. The lowest BCUT2D eigenvalue weighted by atomic mass is 10.2. The summed E-state index contributed by atoms with van der Waals surface area (Å²) in [6.07, 6.45) is 0. The highest BCUT2D eigenvalue weighted by molar-refractivity contribution is 5.82. The maximum atomic E-state index is 10.9. The van der Waals surface area contributed by atoms with Crippen molar-refractivity contribution in [3.8, 4) is 11.4 Å². The molecule has 0 aliphatic rings. The molecule has 3 rings (SSSR count). The van der Waals surface area contributed by atoms with E-state index in [1.807, 2.05) is 34.9 Å². The van der Waals surface area contributed by atoms with Crippen LogP contribution in [0.3, 0.4) is 0 Å². The molecule has 6 nitrogen and oxygen atoms in total. The largest absolute Gasteiger partial charge is 0.383 e. The summed E-state index contributed by atoms with van der Waals surface area (Å²) in [5.74, 6) is 0.785. The average molecular weight is 297 g/mol. The Labute approximate surface area is 127 Å². The van der Waals surface area contributed by atoms with Crippen LogP contribution in [0.15, 0.2) is 48.5 Å². The van der Waals surface area contributed by atoms with Crippen molar-refractivity contribution in [2.75, 3.05) is 13.7 Å².